The third kappa shape index (κ3) is 4.22. The summed E-state index contributed by atoms with van der Waals surface area (Å²) in [6.45, 7) is 12.7. The Kier molecular flexibility index (Phi) is 6.23. The summed E-state index contributed by atoms with van der Waals surface area (Å²) in [6.07, 6.45) is 3.66. The maximum Gasteiger partial charge on any atom is 0.237 e. The van der Waals surface area contributed by atoms with Crippen LogP contribution in [0.3, 0.4) is 0 Å². The minimum atomic E-state index is -0.0431. The topological polar surface area (TPSA) is 35.6 Å². The zero-order chi connectivity index (χ0) is 18.7. The van der Waals surface area contributed by atoms with Crippen LogP contribution in [0.5, 0.6) is 0 Å². The Balaban J connectivity index is 1.52. The highest BCUT2D eigenvalue weighted by atomic mass is 16.2. The normalized spacial score (nSPS) is 28.6. The summed E-state index contributed by atoms with van der Waals surface area (Å²) in [7, 11) is 0. The standard InChI is InChI=1S/C22H35N3O/c1-16-9-7-10-20(18(16)3)23-22(26)19(4)24-12-14-25(15-13-24)21-11-6-5-8-17(21)2/h5-6,8,11,16,18-20H,7,9-10,12-15H2,1-4H3,(H,23,26)/t16-,18-,19-,20+/m0/s1. The number of nitrogens with zero attached hydrogens (tertiary/aromatic N) is 2. The maximum absolute atomic E-state index is 12.8. The number of aryl methyl sites for hydroxylation is 1. The Morgan fingerprint density at radius 1 is 1.12 bits per heavy atom. The van der Waals surface area contributed by atoms with E-state index in [1.807, 2.05) is 0 Å². The monoisotopic (exact) mass is 357 g/mol. The van der Waals surface area contributed by atoms with E-state index in [0.29, 0.717) is 17.9 Å². The first-order valence-electron chi connectivity index (χ1n) is 10.3. The van der Waals surface area contributed by atoms with Gasteiger partial charge in [0, 0.05) is 37.9 Å². The molecule has 1 aliphatic carbocycles. The van der Waals surface area contributed by atoms with Crippen LogP contribution in [0.25, 0.3) is 0 Å². The number of carbonyl (C=O) groups excluding carboxylic acids is 1. The van der Waals surface area contributed by atoms with Crippen molar-refractivity contribution >= 4 is 11.6 Å². The summed E-state index contributed by atoms with van der Waals surface area (Å²) in [5.41, 5.74) is 2.65. The number of hydrogen-bond donors (Lipinski definition) is 1. The van der Waals surface area contributed by atoms with E-state index >= 15 is 0 Å². The fraction of sp³-hybridized carbons (Fsp3) is 0.682. The predicted octanol–water partition coefficient (Wildman–Crippen LogP) is 3.45. The predicted molar refractivity (Wildman–Crippen MR) is 109 cm³/mol. The number of rotatable bonds is 4. The Labute approximate surface area is 158 Å². The molecule has 0 aromatic heterocycles. The molecule has 0 radical (unpaired) electrons. The van der Waals surface area contributed by atoms with Crippen molar-refractivity contribution in [3.63, 3.8) is 0 Å². The number of anilines is 1. The van der Waals surface area contributed by atoms with Crippen molar-refractivity contribution in [1.82, 2.24) is 10.2 Å². The molecule has 2 fully saturated rings. The van der Waals surface area contributed by atoms with Crippen molar-refractivity contribution in [1.29, 1.82) is 0 Å². The lowest BCUT2D eigenvalue weighted by Gasteiger charge is -2.40. The summed E-state index contributed by atoms with van der Waals surface area (Å²) in [4.78, 5) is 17.6. The molecule has 3 rings (SSSR count). The first-order chi connectivity index (χ1) is 12.5. The van der Waals surface area contributed by atoms with Gasteiger partial charge in [-0.2, -0.15) is 0 Å². The van der Waals surface area contributed by atoms with E-state index in [2.05, 4.69) is 67.1 Å². The van der Waals surface area contributed by atoms with Gasteiger partial charge in [0.15, 0.2) is 0 Å². The van der Waals surface area contributed by atoms with E-state index in [-0.39, 0.29) is 11.9 Å². The second-order valence-electron chi connectivity index (χ2n) is 8.37. The highest BCUT2D eigenvalue weighted by Gasteiger charge is 2.31. The minimum absolute atomic E-state index is 0.0431. The number of nitrogens with one attached hydrogen (secondary N) is 1. The molecule has 1 heterocycles. The third-order valence-electron chi connectivity index (χ3n) is 6.73. The molecular weight excluding hydrogens is 322 g/mol. The fourth-order valence-electron chi connectivity index (χ4n) is 4.52. The molecule has 144 valence electrons. The lowest BCUT2D eigenvalue weighted by molar-refractivity contribution is -0.127. The van der Waals surface area contributed by atoms with Crippen LogP contribution in [0, 0.1) is 18.8 Å². The average Bonchev–Trinajstić information content (AvgIpc) is 2.65. The van der Waals surface area contributed by atoms with Crippen LogP contribution in [-0.4, -0.2) is 49.1 Å². The summed E-state index contributed by atoms with van der Waals surface area (Å²) in [5, 5.41) is 3.35. The number of benzene rings is 1. The van der Waals surface area contributed by atoms with Gasteiger partial charge in [0.1, 0.15) is 0 Å². The van der Waals surface area contributed by atoms with E-state index in [9.17, 15) is 4.79 Å². The average molecular weight is 358 g/mol. The first-order valence-corrected chi connectivity index (χ1v) is 10.3. The molecule has 1 N–H and O–H groups in total. The lowest BCUT2D eigenvalue weighted by Crippen LogP contribution is -2.56. The Morgan fingerprint density at radius 2 is 1.81 bits per heavy atom. The first kappa shape index (κ1) is 19.2. The Morgan fingerprint density at radius 3 is 2.50 bits per heavy atom. The zero-order valence-electron chi connectivity index (χ0n) is 16.9. The van der Waals surface area contributed by atoms with E-state index in [1.54, 1.807) is 0 Å². The fourth-order valence-corrected chi connectivity index (χ4v) is 4.52. The number of para-hydroxylation sites is 1. The van der Waals surface area contributed by atoms with Crippen molar-refractivity contribution < 1.29 is 4.79 Å². The molecule has 1 aromatic rings. The van der Waals surface area contributed by atoms with Crippen molar-refractivity contribution in [3.8, 4) is 0 Å². The summed E-state index contributed by atoms with van der Waals surface area (Å²) < 4.78 is 0. The molecule has 2 aliphatic rings. The smallest absolute Gasteiger partial charge is 0.237 e. The Hall–Kier alpha value is -1.55. The van der Waals surface area contributed by atoms with Crippen molar-refractivity contribution in [3.05, 3.63) is 29.8 Å². The van der Waals surface area contributed by atoms with Crippen molar-refractivity contribution in [2.75, 3.05) is 31.1 Å². The van der Waals surface area contributed by atoms with Gasteiger partial charge in [-0.25, -0.2) is 0 Å². The molecule has 0 spiro atoms. The SMILES string of the molecule is Cc1ccccc1N1CCN([C@@H](C)C(=O)N[C@@H]2CCC[C@H](C)[C@@H]2C)CC1. The molecule has 1 saturated heterocycles. The van der Waals surface area contributed by atoms with Crippen LogP contribution in [0.15, 0.2) is 24.3 Å². The molecule has 26 heavy (non-hydrogen) atoms. The Bertz CT molecular complexity index is 609. The second-order valence-corrected chi connectivity index (χ2v) is 8.37. The summed E-state index contributed by atoms with van der Waals surface area (Å²) in [5.74, 6) is 1.50. The molecule has 1 aliphatic heterocycles. The van der Waals surface area contributed by atoms with E-state index < -0.39 is 0 Å². The van der Waals surface area contributed by atoms with Crippen LogP contribution in [-0.2, 0) is 4.79 Å². The number of carbonyl (C=O) groups is 1. The van der Waals surface area contributed by atoms with Crippen LogP contribution < -0.4 is 10.2 Å². The largest absolute Gasteiger partial charge is 0.369 e. The zero-order valence-corrected chi connectivity index (χ0v) is 16.9. The van der Waals surface area contributed by atoms with Gasteiger partial charge in [-0.05, 0) is 43.7 Å². The van der Waals surface area contributed by atoms with Gasteiger partial charge in [0.25, 0.3) is 0 Å². The van der Waals surface area contributed by atoms with Gasteiger partial charge in [-0.15, -0.1) is 0 Å². The molecule has 4 atom stereocenters. The maximum atomic E-state index is 12.8. The molecule has 0 bridgehead atoms. The molecule has 1 amide bonds. The van der Waals surface area contributed by atoms with Gasteiger partial charge in [0.2, 0.25) is 5.91 Å². The molecule has 1 aromatic carbocycles. The van der Waals surface area contributed by atoms with E-state index in [0.717, 1.165) is 32.6 Å². The van der Waals surface area contributed by atoms with Crippen molar-refractivity contribution in [2.45, 2.75) is 59.0 Å². The number of amides is 1. The van der Waals surface area contributed by atoms with Crippen LogP contribution in [0.4, 0.5) is 5.69 Å². The van der Waals surface area contributed by atoms with E-state index in [1.165, 1.54) is 24.1 Å². The van der Waals surface area contributed by atoms with Gasteiger partial charge in [-0.3, -0.25) is 9.69 Å². The quantitative estimate of drug-likeness (QED) is 0.896. The van der Waals surface area contributed by atoms with Gasteiger partial charge in [0.05, 0.1) is 6.04 Å². The lowest BCUT2D eigenvalue weighted by atomic mass is 9.78. The van der Waals surface area contributed by atoms with Gasteiger partial charge in [-0.1, -0.05) is 44.9 Å². The van der Waals surface area contributed by atoms with E-state index in [4.69, 9.17) is 0 Å². The van der Waals surface area contributed by atoms with Gasteiger partial charge >= 0.3 is 0 Å². The molecule has 1 saturated carbocycles. The molecular formula is C22H35N3O. The second kappa shape index (κ2) is 8.43. The van der Waals surface area contributed by atoms with Crippen molar-refractivity contribution in [2.24, 2.45) is 11.8 Å². The summed E-state index contributed by atoms with van der Waals surface area (Å²) in [6, 6.07) is 8.88. The van der Waals surface area contributed by atoms with Crippen LogP contribution in [0.1, 0.15) is 45.6 Å². The molecule has 0 unspecified atom stereocenters. The van der Waals surface area contributed by atoms with Crippen LogP contribution in [0.2, 0.25) is 0 Å². The highest BCUT2D eigenvalue weighted by molar-refractivity contribution is 5.81. The van der Waals surface area contributed by atoms with Crippen LogP contribution >= 0.6 is 0 Å². The third-order valence-corrected chi connectivity index (χ3v) is 6.73. The highest BCUT2D eigenvalue weighted by Crippen LogP contribution is 2.29. The minimum Gasteiger partial charge on any atom is -0.369 e. The number of piperazine rings is 1. The molecule has 4 heteroatoms. The summed E-state index contributed by atoms with van der Waals surface area (Å²) >= 11 is 0. The number of hydrogen-bond acceptors (Lipinski definition) is 3. The molecule has 4 nitrogen and oxygen atoms in total. The van der Waals surface area contributed by atoms with Gasteiger partial charge < -0.3 is 10.2 Å².